The third-order valence-corrected chi connectivity index (χ3v) is 4.50. The topological polar surface area (TPSA) is 49.0 Å². The van der Waals surface area contributed by atoms with E-state index in [2.05, 4.69) is 45.2 Å². The van der Waals surface area contributed by atoms with Gasteiger partial charge in [0.05, 0.1) is 0 Å². The van der Waals surface area contributed by atoms with Crippen LogP contribution in [-0.4, -0.2) is 33.7 Å². The quantitative estimate of drug-likeness (QED) is 0.832. The number of H-pyrrole nitrogens is 1. The van der Waals surface area contributed by atoms with Crippen molar-refractivity contribution in [1.82, 2.24) is 14.9 Å². The van der Waals surface area contributed by atoms with Gasteiger partial charge < -0.3 is 4.98 Å². The van der Waals surface area contributed by atoms with E-state index in [1.54, 1.807) is 12.4 Å². The molecule has 0 radical (unpaired) electrons. The fraction of sp³-hybridized carbons (Fsp3) is 0.444. The molecule has 1 aromatic heterocycles. The molecule has 0 spiro atoms. The molecule has 2 aromatic rings. The number of hydrogen-bond donors (Lipinski definition) is 1. The first kappa shape index (κ1) is 15.0. The molecule has 0 atom stereocenters. The van der Waals surface area contributed by atoms with Crippen molar-refractivity contribution < 1.29 is 4.79 Å². The van der Waals surface area contributed by atoms with Crippen molar-refractivity contribution in [2.24, 2.45) is 5.92 Å². The normalized spacial score (nSPS) is 16.7. The fourth-order valence-electron chi connectivity index (χ4n) is 3.15. The van der Waals surface area contributed by atoms with Gasteiger partial charge in [0.1, 0.15) is 0 Å². The van der Waals surface area contributed by atoms with Gasteiger partial charge in [-0.25, -0.2) is 4.98 Å². The highest BCUT2D eigenvalue weighted by atomic mass is 16.1. The molecular weight excluding hydrogens is 274 g/mol. The zero-order valence-electron chi connectivity index (χ0n) is 12.9. The summed E-state index contributed by atoms with van der Waals surface area (Å²) in [6, 6.07) is 10.6. The highest BCUT2D eigenvalue weighted by Crippen LogP contribution is 2.23. The summed E-state index contributed by atoms with van der Waals surface area (Å²) < 4.78 is 0. The third kappa shape index (κ3) is 4.04. The van der Waals surface area contributed by atoms with Crippen LogP contribution in [0.25, 0.3) is 0 Å². The van der Waals surface area contributed by atoms with Crippen molar-refractivity contribution >= 4 is 5.78 Å². The van der Waals surface area contributed by atoms with Crippen LogP contribution in [0.15, 0.2) is 42.7 Å². The highest BCUT2D eigenvalue weighted by Gasteiger charge is 2.20. The minimum atomic E-state index is 0.136. The zero-order valence-corrected chi connectivity index (χ0v) is 12.9. The van der Waals surface area contributed by atoms with Crippen LogP contribution in [0, 0.1) is 5.92 Å². The Kier molecular flexibility index (Phi) is 5.01. The monoisotopic (exact) mass is 297 g/mol. The van der Waals surface area contributed by atoms with Crippen molar-refractivity contribution in [2.75, 3.05) is 13.1 Å². The summed E-state index contributed by atoms with van der Waals surface area (Å²) in [7, 11) is 0. The second-order valence-electron chi connectivity index (χ2n) is 6.10. The Morgan fingerprint density at radius 1 is 1.23 bits per heavy atom. The molecule has 1 aliphatic rings. The number of Topliss-reactive ketones (excluding diaryl/α,β-unsaturated/α-hetero) is 1. The maximum atomic E-state index is 11.9. The Balaban J connectivity index is 1.39. The van der Waals surface area contributed by atoms with Gasteiger partial charge in [0.25, 0.3) is 0 Å². The van der Waals surface area contributed by atoms with Crippen molar-refractivity contribution in [3.05, 3.63) is 54.1 Å². The minimum Gasteiger partial charge on any atom is -0.342 e. The van der Waals surface area contributed by atoms with E-state index in [1.165, 1.54) is 18.4 Å². The number of piperidine rings is 1. The largest absolute Gasteiger partial charge is 0.342 e. The Hall–Kier alpha value is -1.94. The lowest BCUT2D eigenvalue weighted by Crippen LogP contribution is -2.33. The summed E-state index contributed by atoms with van der Waals surface area (Å²) in [6.45, 7) is 3.31. The van der Waals surface area contributed by atoms with Gasteiger partial charge in [-0.05, 0) is 43.8 Å². The molecule has 116 valence electrons. The predicted octanol–water partition coefficient (Wildman–Crippen LogP) is 3.28. The van der Waals surface area contributed by atoms with Gasteiger partial charge in [-0.15, -0.1) is 0 Å². The molecule has 1 saturated heterocycles. The van der Waals surface area contributed by atoms with Gasteiger partial charge >= 0.3 is 0 Å². The number of aromatic nitrogens is 2. The van der Waals surface area contributed by atoms with Crippen LogP contribution < -0.4 is 0 Å². The molecule has 0 saturated carbocycles. The first-order valence-corrected chi connectivity index (χ1v) is 8.10. The predicted molar refractivity (Wildman–Crippen MR) is 86.6 cm³/mol. The molecule has 1 N–H and O–H groups in total. The van der Waals surface area contributed by atoms with E-state index in [0.29, 0.717) is 18.2 Å². The highest BCUT2D eigenvalue weighted by molar-refractivity contribution is 5.92. The molecule has 0 bridgehead atoms. The molecule has 1 fully saturated rings. The molecule has 0 unspecified atom stereocenters. The van der Waals surface area contributed by atoms with E-state index >= 15 is 0 Å². The summed E-state index contributed by atoms with van der Waals surface area (Å²) in [5, 5.41) is 0. The van der Waals surface area contributed by atoms with E-state index in [0.717, 1.165) is 26.1 Å². The van der Waals surface area contributed by atoms with Crippen LogP contribution >= 0.6 is 0 Å². The number of carbonyl (C=O) groups excluding carboxylic acids is 1. The smallest absolute Gasteiger partial charge is 0.198 e. The van der Waals surface area contributed by atoms with Crippen molar-refractivity contribution in [1.29, 1.82) is 0 Å². The summed E-state index contributed by atoms with van der Waals surface area (Å²) in [5.74, 6) is 1.31. The SMILES string of the molecule is O=C(CCC1CCN(Cc2ccccc2)CC1)c1ncc[nH]1. The first-order chi connectivity index (χ1) is 10.8. The molecular formula is C18H23N3O. The van der Waals surface area contributed by atoms with Crippen LogP contribution in [0.3, 0.4) is 0 Å². The van der Waals surface area contributed by atoms with E-state index in [9.17, 15) is 4.79 Å². The zero-order chi connectivity index (χ0) is 15.2. The van der Waals surface area contributed by atoms with Crippen molar-refractivity contribution in [3.8, 4) is 0 Å². The van der Waals surface area contributed by atoms with Crippen LogP contribution in [0.2, 0.25) is 0 Å². The summed E-state index contributed by atoms with van der Waals surface area (Å²) in [6.07, 6.45) is 7.32. The number of likely N-dealkylation sites (tertiary alicyclic amines) is 1. The number of hydrogen-bond acceptors (Lipinski definition) is 3. The van der Waals surface area contributed by atoms with Gasteiger partial charge in [0.15, 0.2) is 11.6 Å². The number of imidazole rings is 1. The number of nitrogens with one attached hydrogen (secondary N) is 1. The molecule has 4 heteroatoms. The molecule has 1 aromatic carbocycles. The van der Waals surface area contributed by atoms with Crippen LogP contribution in [-0.2, 0) is 6.54 Å². The van der Waals surface area contributed by atoms with Gasteiger partial charge in [-0.2, -0.15) is 0 Å². The summed E-state index contributed by atoms with van der Waals surface area (Å²) in [4.78, 5) is 21.4. The standard InChI is InChI=1S/C18H23N3O/c22-17(18-19-10-11-20-18)7-6-15-8-12-21(13-9-15)14-16-4-2-1-3-5-16/h1-5,10-11,15H,6-9,12-14H2,(H,19,20). The molecule has 1 aliphatic heterocycles. The van der Waals surface area contributed by atoms with Crippen LogP contribution in [0.4, 0.5) is 0 Å². The van der Waals surface area contributed by atoms with Crippen molar-refractivity contribution in [2.45, 2.75) is 32.2 Å². The van der Waals surface area contributed by atoms with E-state index in [4.69, 9.17) is 0 Å². The molecule has 0 amide bonds. The van der Waals surface area contributed by atoms with Crippen LogP contribution in [0.1, 0.15) is 41.9 Å². The van der Waals surface area contributed by atoms with E-state index < -0.39 is 0 Å². The lowest BCUT2D eigenvalue weighted by atomic mass is 9.91. The van der Waals surface area contributed by atoms with E-state index in [-0.39, 0.29) is 5.78 Å². The van der Waals surface area contributed by atoms with Gasteiger partial charge in [-0.3, -0.25) is 9.69 Å². The fourth-order valence-corrected chi connectivity index (χ4v) is 3.15. The Morgan fingerprint density at radius 3 is 2.68 bits per heavy atom. The lowest BCUT2D eigenvalue weighted by Gasteiger charge is -2.31. The average Bonchev–Trinajstić information content (AvgIpc) is 3.09. The van der Waals surface area contributed by atoms with Gasteiger partial charge in [-0.1, -0.05) is 30.3 Å². The minimum absolute atomic E-state index is 0.136. The Morgan fingerprint density at radius 2 is 2.00 bits per heavy atom. The second kappa shape index (κ2) is 7.36. The lowest BCUT2D eigenvalue weighted by molar-refractivity contribution is 0.0952. The molecule has 0 aliphatic carbocycles. The Labute approximate surface area is 131 Å². The number of rotatable bonds is 6. The second-order valence-corrected chi connectivity index (χ2v) is 6.10. The summed E-state index contributed by atoms with van der Waals surface area (Å²) >= 11 is 0. The number of ketones is 1. The van der Waals surface area contributed by atoms with Crippen molar-refractivity contribution in [3.63, 3.8) is 0 Å². The average molecular weight is 297 g/mol. The molecule has 2 heterocycles. The number of benzene rings is 1. The van der Waals surface area contributed by atoms with Gasteiger partial charge in [0, 0.05) is 25.4 Å². The maximum absolute atomic E-state index is 11.9. The van der Waals surface area contributed by atoms with Gasteiger partial charge in [0.2, 0.25) is 0 Å². The molecule has 22 heavy (non-hydrogen) atoms. The molecule has 4 nitrogen and oxygen atoms in total. The molecule has 3 rings (SSSR count). The van der Waals surface area contributed by atoms with Crippen LogP contribution in [0.5, 0.6) is 0 Å². The number of nitrogens with zero attached hydrogens (tertiary/aromatic N) is 2. The first-order valence-electron chi connectivity index (χ1n) is 8.10. The third-order valence-electron chi connectivity index (χ3n) is 4.50. The number of aromatic amines is 1. The number of carbonyl (C=O) groups is 1. The Bertz CT molecular complexity index is 572. The summed E-state index contributed by atoms with van der Waals surface area (Å²) in [5.41, 5.74) is 1.38. The maximum Gasteiger partial charge on any atom is 0.198 e. The van der Waals surface area contributed by atoms with E-state index in [1.807, 2.05) is 0 Å².